The Morgan fingerprint density at radius 2 is 1.65 bits per heavy atom. The van der Waals surface area contributed by atoms with Gasteiger partial charge in [-0.2, -0.15) is 0 Å². The van der Waals surface area contributed by atoms with Crippen molar-refractivity contribution in [2.24, 2.45) is 11.1 Å². The number of nitroso groups, excluding NO2 is 1. The minimum absolute atomic E-state index is 0.302. The number of aryl methyl sites for hydroxylation is 2. The molecular formula is C15H15N3O2. The first-order valence-electron chi connectivity index (χ1n) is 6.26. The summed E-state index contributed by atoms with van der Waals surface area (Å²) < 4.78 is 0. The third-order valence-corrected chi connectivity index (χ3v) is 3.02. The molecule has 0 heterocycles. The van der Waals surface area contributed by atoms with Crippen LogP contribution in [0.2, 0.25) is 0 Å². The molecule has 2 N–H and O–H groups in total. The van der Waals surface area contributed by atoms with Crippen molar-refractivity contribution < 1.29 is 4.79 Å². The minimum Gasteiger partial charge on any atom is -0.266 e. The molecule has 0 spiro atoms. The van der Waals surface area contributed by atoms with Gasteiger partial charge in [0.25, 0.3) is 5.91 Å². The molecule has 0 aliphatic carbocycles. The minimum atomic E-state index is -0.610. The van der Waals surface area contributed by atoms with Gasteiger partial charge >= 0.3 is 0 Å². The highest BCUT2D eigenvalue weighted by Gasteiger charge is 2.12. The number of hydrazine groups is 1. The third kappa shape index (κ3) is 3.49. The first kappa shape index (κ1) is 13.9. The lowest BCUT2D eigenvalue weighted by Gasteiger charge is -2.08. The van der Waals surface area contributed by atoms with Crippen molar-refractivity contribution in [1.29, 1.82) is 0 Å². The number of amides is 1. The van der Waals surface area contributed by atoms with Crippen LogP contribution in [0.3, 0.4) is 0 Å². The van der Waals surface area contributed by atoms with Gasteiger partial charge in [0.2, 0.25) is 0 Å². The van der Waals surface area contributed by atoms with Crippen molar-refractivity contribution in [3.63, 3.8) is 0 Å². The monoisotopic (exact) mass is 269 g/mol. The second-order valence-electron chi connectivity index (χ2n) is 4.42. The van der Waals surface area contributed by atoms with Gasteiger partial charge in [0.1, 0.15) is 0 Å². The average molecular weight is 269 g/mol. The van der Waals surface area contributed by atoms with Gasteiger partial charge in [0.15, 0.2) is 0 Å². The van der Waals surface area contributed by atoms with Crippen LogP contribution >= 0.6 is 0 Å². The number of rotatable bonds is 5. The highest BCUT2D eigenvalue weighted by Crippen LogP contribution is 2.11. The van der Waals surface area contributed by atoms with Crippen molar-refractivity contribution >= 4 is 5.91 Å². The van der Waals surface area contributed by atoms with E-state index in [1.54, 1.807) is 18.2 Å². The molecule has 20 heavy (non-hydrogen) atoms. The van der Waals surface area contributed by atoms with Gasteiger partial charge in [-0.05, 0) is 36.1 Å². The highest BCUT2D eigenvalue weighted by atomic mass is 16.3. The maximum Gasteiger partial charge on any atom is 0.291 e. The molecule has 0 atom stereocenters. The largest absolute Gasteiger partial charge is 0.291 e. The number of carbonyl (C=O) groups is 1. The van der Waals surface area contributed by atoms with E-state index < -0.39 is 5.91 Å². The Bertz CT molecular complexity index is 599. The van der Waals surface area contributed by atoms with Gasteiger partial charge in [0, 0.05) is 5.56 Å². The summed E-state index contributed by atoms with van der Waals surface area (Å²) in [4.78, 5) is 22.0. The fourth-order valence-electron chi connectivity index (χ4n) is 1.96. The lowest BCUT2D eigenvalue weighted by molar-refractivity contribution is 0.0757. The summed E-state index contributed by atoms with van der Waals surface area (Å²) in [5.41, 5.74) is 2.61. The van der Waals surface area contributed by atoms with E-state index in [1.807, 2.05) is 24.3 Å². The second kappa shape index (κ2) is 6.58. The molecule has 1 amide bonds. The van der Waals surface area contributed by atoms with Crippen molar-refractivity contribution in [2.75, 3.05) is 0 Å². The van der Waals surface area contributed by atoms with Crippen LogP contribution in [-0.4, -0.2) is 11.0 Å². The van der Waals surface area contributed by atoms with Gasteiger partial charge in [-0.3, -0.25) is 4.79 Å². The van der Waals surface area contributed by atoms with E-state index in [9.17, 15) is 9.70 Å². The van der Waals surface area contributed by atoms with E-state index in [0.717, 1.165) is 18.4 Å². The van der Waals surface area contributed by atoms with Crippen molar-refractivity contribution in [3.05, 3.63) is 76.2 Å². The fraction of sp³-hybridized carbons (Fsp3) is 0.133. The smallest absolute Gasteiger partial charge is 0.266 e. The number of benzene rings is 2. The molecule has 5 nitrogen and oxygen atoms in total. The highest BCUT2D eigenvalue weighted by molar-refractivity contribution is 5.93. The summed E-state index contributed by atoms with van der Waals surface area (Å²) in [5.74, 6) is 4.56. The summed E-state index contributed by atoms with van der Waals surface area (Å²) in [5, 5.41) is 2.70. The number of carbonyl (C=O) groups excluding carboxylic acids is 1. The predicted octanol–water partition coefficient (Wildman–Crippen LogP) is 2.47. The van der Waals surface area contributed by atoms with Crippen LogP contribution in [0, 0.1) is 4.91 Å². The van der Waals surface area contributed by atoms with Gasteiger partial charge < -0.3 is 0 Å². The summed E-state index contributed by atoms with van der Waals surface area (Å²) >= 11 is 0. The van der Waals surface area contributed by atoms with Crippen molar-refractivity contribution in [1.82, 2.24) is 5.12 Å². The molecule has 0 saturated heterocycles. The molecule has 0 aliphatic rings. The van der Waals surface area contributed by atoms with Crippen LogP contribution in [0.25, 0.3) is 0 Å². The molecule has 0 aliphatic heterocycles. The fourth-order valence-corrected chi connectivity index (χ4v) is 1.96. The number of nitrogens with two attached hydrogens (primary N) is 1. The molecule has 5 heteroatoms. The molecule has 2 aromatic rings. The van der Waals surface area contributed by atoms with Gasteiger partial charge in [-0.25, -0.2) is 5.84 Å². The quantitative estimate of drug-likeness (QED) is 0.392. The number of hydrogen-bond acceptors (Lipinski definition) is 4. The van der Waals surface area contributed by atoms with Crippen LogP contribution in [-0.2, 0) is 12.8 Å². The van der Waals surface area contributed by atoms with E-state index >= 15 is 0 Å². The lowest BCUT2D eigenvalue weighted by atomic mass is 10.0. The van der Waals surface area contributed by atoms with Gasteiger partial charge in [-0.1, -0.05) is 42.5 Å². The van der Waals surface area contributed by atoms with Crippen molar-refractivity contribution in [3.8, 4) is 0 Å². The summed E-state index contributed by atoms with van der Waals surface area (Å²) in [6.07, 6.45) is 1.70. The maximum atomic E-state index is 11.7. The topological polar surface area (TPSA) is 75.8 Å². The van der Waals surface area contributed by atoms with Crippen LogP contribution in [0.4, 0.5) is 0 Å². The Kier molecular flexibility index (Phi) is 4.57. The van der Waals surface area contributed by atoms with E-state index in [2.05, 4.69) is 17.4 Å². The Labute approximate surface area is 116 Å². The standard InChI is InChI=1S/C15H15N3O2/c16-18(17-20)15(19)14-8-4-7-13(11-14)10-9-12-5-2-1-3-6-12/h1-8,11H,9-10,16H2. The molecule has 0 unspecified atom stereocenters. The normalized spacial score (nSPS) is 10.1. The average Bonchev–Trinajstić information content (AvgIpc) is 2.52. The summed E-state index contributed by atoms with van der Waals surface area (Å²) in [6.45, 7) is 0. The van der Waals surface area contributed by atoms with Crippen LogP contribution in [0.15, 0.2) is 59.9 Å². The van der Waals surface area contributed by atoms with Crippen LogP contribution < -0.4 is 5.84 Å². The first-order valence-corrected chi connectivity index (χ1v) is 6.26. The molecule has 0 saturated carbocycles. The second-order valence-corrected chi connectivity index (χ2v) is 4.42. The molecule has 0 fully saturated rings. The van der Waals surface area contributed by atoms with E-state index in [-0.39, 0.29) is 0 Å². The third-order valence-electron chi connectivity index (χ3n) is 3.02. The Balaban J connectivity index is 2.06. The Morgan fingerprint density at radius 3 is 2.35 bits per heavy atom. The SMILES string of the molecule is NN(N=O)C(=O)c1cccc(CCc2ccccc2)c1. The Hall–Kier alpha value is -2.53. The molecular weight excluding hydrogens is 254 g/mol. The summed E-state index contributed by atoms with van der Waals surface area (Å²) in [6, 6.07) is 17.1. The zero-order valence-corrected chi connectivity index (χ0v) is 10.9. The molecule has 0 bridgehead atoms. The van der Waals surface area contributed by atoms with Crippen LogP contribution in [0.1, 0.15) is 21.5 Å². The molecule has 2 rings (SSSR count). The van der Waals surface area contributed by atoms with E-state index in [4.69, 9.17) is 5.84 Å². The molecule has 2 aromatic carbocycles. The maximum absolute atomic E-state index is 11.7. The first-order chi connectivity index (χ1) is 9.70. The summed E-state index contributed by atoms with van der Waals surface area (Å²) in [7, 11) is 0. The molecule has 0 aromatic heterocycles. The zero-order valence-electron chi connectivity index (χ0n) is 10.9. The molecule has 102 valence electrons. The lowest BCUT2D eigenvalue weighted by Crippen LogP contribution is -2.31. The predicted molar refractivity (Wildman–Crippen MR) is 76.4 cm³/mol. The van der Waals surface area contributed by atoms with Crippen molar-refractivity contribution in [2.45, 2.75) is 12.8 Å². The number of nitrogens with zero attached hydrogens (tertiary/aromatic N) is 2. The van der Waals surface area contributed by atoms with E-state index in [0.29, 0.717) is 10.7 Å². The Morgan fingerprint density at radius 1 is 1.00 bits per heavy atom. The van der Waals surface area contributed by atoms with E-state index in [1.165, 1.54) is 5.56 Å². The zero-order chi connectivity index (χ0) is 14.4. The number of hydrogen-bond donors (Lipinski definition) is 1. The van der Waals surface area contributed by atoms with Gasteiger partial charge in [0.05, 0.1) is 5.29 Å². The molecule has 0 radical (unpaired) electrons. The van der Waals surface area contributed by atoms with Gasteiger partial charge in [-0.15, -0.1) is 10.0 Å². The van der Waals surface area contributed by atoms with Crippen LogP contribution in [0.5, 0.6) is 0 Å².